The largest absolute Gasteiger partial charge is 0.507 e. The second-order valence-electron chi connectivity index (χ2n) is 12.8. The number of carbonyl (C=O) groups excluding carboxylic acids is 2. The molecule has 1 aliphatic rings. The van der Waals surface area contributed by atoms with E-state index < -0.39 is 17.7 Å². The second-order valence-corrected chi connectivity index (χ2v) is 15.8. The molecule has 0 saturated carbocycles. The van der Waals surface area contributed by atoms with Gasteiger partial charge in [-0.25, -0.2) is 0 Å². The molecule has 1 unspecified atom stereocenters. The van der Waals surface area contributed by atoms with E-state index in [0.717, 1.165) is 34.4 Å². The minimum absolute atomic E-state index is 0.101. The molecule has 1 atom stereocenters. The lowest BCUT2D eigenvalue weighted by molar-refractivity contribution is -0.132. The zero-order valence-corrected chi connectivity index (χ0v) is 32.6. The van der Waals surface area contributed by atoms with E-state index >= 15 is 0 Å². The summed E-state index contributed by atoms with van der Waals surface area (Å²) in [5.41, 5.74) is 3.76. The predicted octanol–water partition coefficient (Wildman–Crippen LogP) is 10.1. The molecule has 1 amide bonds. The molecule has 9 nitrogen and oxygen atoms in total. The Morgan fingerprint density at radius 3 is 2.47 bits per heavy atom. The maximum absolute atomic E-state index is 13.9. The number of anilines is 1. The number of Topliss-reactive ketones (excluding diaryl/α,β-unsaturated/α-hetero) is 1. The number of hydrogen-bond donors (Lipinski definition) is 1. The summed E-state index contributed by atoms with van der Waals surface area (Å²) in [7, 11) is 1.52. The number of amides is 1. The molecule has 5 aromatic rings. The molecule has 0 aliphatic carbocycles. The Balaban J connectivity index is 1.34. The van der Waals surface area contributed by atoms with Crippen molar-refractivity contribution in [1.82, 2.24) is 10.2 Å². The van der Waals surface area contributed by atoms with Crippen LogP contribution in [0.25, 0.3) is 5.76 Å². The van der Waals surface area contributed by atoms with Gasteiger partial charge in [0.25, 0.3) is 5.78 Å². The smallest absolute Gasteiger partial charge is 0.301 e. The zero-order chi connectivity index (χ0) is 37.6. The Morgan fingerprint density at radius 1 is 0.962 bits per heavy atom. The average molecular weight is 791 g/mol. The fourth-order valence-electron chi connectivity index (χ4n) is 5.69. The summed E-state index contributed by atoms with van der Waals surface area (Å²) in [6.45, 7) is 7.10. The molecule has 1 fully saturated rings. The highest BCUT2D eigenvalue weighted by Crippen LogP contribution is 2.46. The van der Waals surface area contributed by atoms with Crippen molar-refractivity contribution in [3.05, 3.63) is 128 Å². The van der Waals surface area contributed by atoms with Crippen molar-refractivity contribution in [3.63, 3.8) is 0 Å². The van der Waals surface area contributed by atoms with Gasteiger partial charge in [-0.3, -0.25) is 14.5 Å². The van der Waals surface area contributed by atoms with Crippen molar-refractivity contribution in [1.29, 1.82) is 0 Å². The fourth-order valence-corrected chi connectivity index (χ4v) is 8.12. The summed E-state index contributed by atoms with van der Waals surface area (Å²) in [6.07, 6.45) is 0.850. The monoisotopic (exact) mass is 789 g/mol. The van der Waals surface area contributed by atoms with Crippen LogP contribution in [0, 0.1) is 12.8 Å². The number of methoxy groups -OCH3 is 1. The maximum atomic E-state index is 13.9. The van der Waals surface area contributed by atoms with Gasteiger partial charge in [0, 0.05) is 21.4 Å². The molecule has 274 valence electrons. The van der Waals surface area contributed by atoms with Crippen LogP contribution in [0.2, 0.25) is 10.0 Å². The number of ketones is 1. The lowest BCUT2D eigenvalue weighted by atomic mass is 9.95. The summed E-state index contributed by atoms with van der Waals surface area (Å²) < 4.78 is 18.2. The summed E-state index contributed by atoms with van der Waals surface area (Å²) in [5.74, 6) is 0.399. The molecule has 1 saturated heterocycles. The maximum Gasteiger partial charge on any atom is 0.301 e. The van der Waals surface area contributed by atoms with Gasteiger partial charge in [0.2, 0.25) is 5.13 Å². The van der Waals surface area contributed by atoms with E-state index in [4.69, 9.17) is 37.4 Å². The first kappa shape index (κ1) is 38.2. The standard InChI is InChI=1S/C40H37Cl2N3O6S2/c1-23(2)16-17-50-32-15-11-27(19-33(32)49-4)35-34(36(46)26-9-13-30(14-10-26)51-21-25-7-5-6-24(3)18-25)37(47)38(48)45(35)39-43-44-40(53-39)52-22-28-8-12-29(41)20-31(28)42/h5-15,18-20,23,35,46H,16-17,21-22H2,1-4H3/b36-34+. The first-order valence-corrected chi connectivity index (χ1v) is 19.4. The van der Waals surface area contributed by atoms with Crippen molar-refractivity contribution >= 4 is 68.9 Å². The van der Waals surface area contributed by atoms with Gasteiger partial charge in [0.1, 0.15) is 18.1 Å². The minimum Gasteiger partial charge on any atom is -0.507 e. The fraction of sp³-hybridized carbons (Fsp3) is 0.250. The normalized spacial score (nSPS) is 15.3. The van der Waals surface area contributed by atoms with Gasteiger partial charge in [0.15, 0.2) is 15.8 Å². The molecular weight excluding hydrogens is 753 g/mol. The highest BCUT2D eigenvalue weighted by atomic mass is 35.5. The first-order chi connectivity index (χ1) is 25.5. The number of aliphatic hydroxyl groups is 1. The Labute approximate surface area is 326 Å². The van der Waals surface area contributed by atoms with Crippen molar-refractivity contribution in [3.8, 4) is 17.2 Å². The van der Waals surface area contributed by atoms with Crippen LogP contribution in [-0.4, -0.2) is 40.7 Å². The van der Waals surface area contributed by atoms with E-state index in [1.807, 2.05) is 37.3 Å². The Morgan fingerprint density at radius 2 is 1.75 bits per heavy atom. The Kier molecular flexibility index (Phi) is 12.3. The molecule has 4 aromatic carbocycles. The summed E-state index contributed by atoms with van der Waals surface area (Å²) in [6, 6.07) is 24.2. The van der Waals surface area contributed by atoms with Crippen LogP contribution < -0.4 is 19.1 Å². The van der Waals surface area contributed by atoms with Gasteiger partial charge in [-0.1, -0.05) is 102 Å². The van der Waals surface area contributed by atoms with Gasteiger partial charge in [-0.2, -0.15) is 0 Å². The molecule has 0 radical (unpaired) electrons. The van der Waals surface area contributed by atoms with Crippen LogP contribution in [0.4, 0.5) is 5.13 Å². The van der Waals surface area contributed by atoms with E-state index in [1.165, 1.54) is 23.8 Å². The van der Waals surface area contributed by atoms with Crippen molar-refractivity contribution in [2.75, 3.05) is 18.6 Å². The number of halogens is 2. The number of aliphatic hydroxyl groups excluding tert-OH is 1. The number of rotatable bonds is 14. The number of thioether (sulfide) groups is 1. The van der Waals surface area contributed by atoms with Crippen molar-refractivity contribution in [2.24, 2.45) is 5.92 Å². The SMILES string of the molecule is COc1cc(C2/C(=C(\O)c3ccc(OCc4cccc(C)c4)cc3)C(=O)C(=O)N2c2nnc(SCc3ccc(Cl)cc3Cl)s2)ccc1OCCC(C)C. The number of ether oxygens (including phenoxy) is 3. The van der Waals surface area contributed by atoms with E-state index in [9.17, 15) is 14.7 Å². The lowest BCUT2D eigenvalue weighted by Crippen LogP contribution is -2.29. The molecule has 53 heavy (non-hydrogen) atoms. The van der Waals surface area contributed by atoms with Gasteiger partial charge < -0.3 is 19.3 Å². The number of hydrogen-bond acceptors (Lipinski definition) is 10. The molecule has 1 aliphatic heterocycles. The molecule has 1 aromatic heterocycles. The highest BCUT2D eigenvalue weighted by molar-refractivity contribution is 8.00. The second kappa shape index (κ2) is 17.1. The van der Waals surface area contributed by atoms with E-state index in [0.29, 0.717) is 67.6 Å². The van der Waals surface area contributed by atoms with Gasteiger partial charge >= 0.3 is 5.91 Å². The number of benzene rings is 4. The van der Waals surface area contributed by atoms with E-state index in [1.54, 1.807) is 54.6 Å². The van der Waals surface area contributed by atoms with E-state index in [2.05, 4.69) is 24.0 Å². The van der Waals surface area contributed by atoms with Gasteiger partial charge in [-0.15, -0.1) is 10.2 Å². The third-order valence-corrected chi connectivity index (χ3v) is 11.2. The third kappa shape index (κ3) is 8.98. The predicted molar refractivity (Wildman–Crippen MR) is 211 cm³/mol. The zero-order valence-electron chi connectivity index (χ0n) is 29.5. The van der Waals surface area contributed by atoms with Crippen molar-refractivity contribution < 1.29 is 28.9 Å². The number of aryl methyl sites for hydroxylation is 1. The molecule has 1 N–H and O–H groups in total. The summed E-state index contributed by atoms with van der Waals surface area (Å²) in [4.78, 5) is 29.0. The molecule has 0 spiro atoms. The summed E-state index contributed by atoms with van der Waals surface area (Å²) in [5, 5.41) is 21.7. The minimum atomic E-state index is -1.05. The van der Waals surface area contributed by atoms with Crippen LogP contribution in [0.1, 0.15) is 54.1 Å². The first-order valence-electron chi connectivity index (χ1n) is 16.8. The van der Waals surface area contributed by atoms with Crippen LogP contribution in [-0.2, 0) is 21.9 Å². The quantitative estimate of drug-likeness (QED) is 0.0386. The van der Waals surface area contributed by atoms with Crippen LogP contribution in [0.15, 0.2) is 94.8 Å². The Bertz CT molecular complexity index is 2150. The van der Waals surface area contributed by atoms with Crippen molar-refractivity contribution in [2.45, 2.75) is 49.9 Å². The molecule has 6 rings (SSSR count). The van der Waals surface area contributed by atoms with Gasteiger partial charge in [-0.05, 0) is 84.5 Å². The summed E-state index contributed by atoms with van der Waals surface area (Å²) >= 11 is 15.0. The third-order valence-electron chi connectivity index (χ3n) is 8.48. The van der Waals surface area contributed by atoms with Gasteiger partial charge in [0.05, 0.1) is 25.3 Å². The number of carbonyl (C=O) groups is 2. The van der Waals surface area contributed by atoms with Crippen LogP contribution >= 0.6 is 46.3 Å². The molecular formula is C40H37Cl2N3O6S2. The average Bonchev–Trinajstić information content (AvgIpc) is 3.71. The van der Waals surface area contributed by atoms with Crippen LogP contribution in [0.3, 0.4) is 0 Å². The molecule has 0 bridgehead atoms. The molecule has 13 heteroatoms. The number of nitrogens with zero attached hydrogens (tertiary/aromatic N) is 3. The van der Waals surface area contributed by atoms with E-state index in [-0.39, 0.29) is 16.5 Å². The van der Waals surface area contributed by atoms with Crippen LogP contribution in [0.5, 0.6) is 17.2 Å². The number of aromatic nitrogens is 2. The highest BCUT2D eigenvalue weighted by Gasteiger charge is 2.48. The Hall–Kier alpha value is -4.55. The molecule has 2 heterocycles. The topological polar surface area (TPSA) is 111 Å². The lowest BCUT2D eigenvalue weighted by Gasteiger charge is -2.23.